The number of hydrogen-bond donors (Lipinski definition) is 0. The summed E-state index contributed by atoms with van der Waals surface area (Å²) in [6.45, 7) is 4.41. The van der Waals surface area contributed by atoms with Gasteiger partial charge in [0, 0.05) is 5.56 Å². The molecule has 0 atom stereocenters. The fraction of sp³-hybridized carbons (Fsp3) is 0.417. The molecule has 0 bridgehead atoms. The van der Waals surface area contributed by atoms with Crippen LogP contribution in [0, 0.1) is 0 Å². The fourth-order valence-corrected chi connectivity index (χ4v) is 2.05. The van der Waals surface area contributed by atoms with Crippen molar-refractivity contribution in [3.05, 3.63) is 23.8 Å². The quantitative estimate of drug-likeness (QED) is 0.756. The summed E-state index contributed by atoms with van der Waals surface area (Å²) in [6.07, 6.45) is 0. The molecule has 2 rings (SSSR count). The lowest BCUT2D eigenvalue weighted by Crippen LogP contribution is -2.04. The lowest BCUT2D eigenvalue weighted by atomic mass is 10.1. The lowest BCUT2D eigenvalue weighted by Gasteiger charge is -2.04. The van der Waals surface area contributed by atoms with Gasteiger partial charge < -0.3 is 9.47 Å². The number of Topliss-reactive ketones (excluding diaryl/α,β-unsaturated/α-hetero) is 1. The molecule has 0 unspecified atom stereocenters. The van der Waals surface area contributed by atoms with Crippen LogP contribution in [0.15, 0.2) is 18.2 Å². The van der Waals surface area contributed by atoms with Gasteiger partial charge in [-0.05, 0) is 23.4 Å². The standard InChI is InChI=1S/C12H14O3S/c1-8(2)16-6-10(13)9-3-4-11-12(5-9)15-7-14-11/h3-5,8H,6-7H2,1-2H3. The third-order valence-corrected chi connectivity index (χ3v) is 3.34. The second-order valence-corrected chi connectivity index (χ2v) is 5.42. The Morgan fingerprint density at radius 2 is 2.12 bits per heavy atom. The molecule has 1 aromatic carbocycles. The van der Waals surface area contributed by atoms with Crippen molar-refractivity contribution in [3.63, 3.8) is 0 Å². The van der Waals surface area contributed by atoms with Crippen LogP contribution in [0.3, 0.4) is 0 Å². The van der Waals surface area contributed by atoms with Crippen molar-refractivity contribution in [1.82, 2.24) is 0 Å². The summed E-state index contributed by atoms with van der Waals surface area (Å²) >= 11 is 1.65. The van der Waals surface area contributed by atoms with Gasteiger partial charge in [-0.25, -0.2) is 0 Å². The maximum Gasteiger partial charge on any atom is 0.231 e. The zero-order valence-corrected chi connectivity index (χ0v) is 10.2. The van der Waals surface area contributed by atoms with Gasteiger partial charge in [0.25, 0.3) is 0 Å². The van der Waals surface area contributed by atoms with Gasteiger partial charge in [0.2, 0.25) is 6.79 Å². The van der Waals surface area contributed by atoms with Crippen LogP contribution in [-0.2, 0) is 0 Å². The normalized spacial score (nSPS) is 13.2. The van der Waals surface area contributed by atoms with Gasteiger partial charge in [-0.2, -0.15) is 11.8 Å². The Balaban J connectivity index is 2.06. The number of thioether (sulfide) groups is 1. The maximum absolute atomic E-state index is 11.8. The van der Waals surface area contributed by atoms with Crippen molar-refractivity contribution in [1.29, 1.82) is 0 Å². The predicted molar refractivity (Wildman–Crippen MR) is 64.5 cm³/mol. The number of ether oxygens (including phenoxy) is 2. The monoisotopic (exact) mass is 238 g/mol. The molecule has 0 aromatic heterocycles. The summed E-state index contributed by atoms with van der Waals surface area (Å²) in [4.78, 5) is 11.8. The molecule has 0 saturated carbocycles. The predicted octanol–water partition coefficient (Wildman–Crippen LogP) is 2.74. The molecule has 0 spiro atoms. The minimum absolute atomic E-state index is 0.136. The van der Waals surface area contributed by atoms with Crippen molar-refractivity contribution >= 4 is 17.5 Å². The van der Waals surface area contributed by atoms with Crippen molar-refractivity contribution in [2.24, 2.45) is 0 Å². The van der Waals surface area contributed by atoms with E-state index in [1.54, 1.807) is 30.0 Å². The Kier molecular flexibility index (Phi) is 3.39. The number of rotatable bonds is 4. The molecule has 1 heterocycles. The summed E-state index contributed by atoms with van der Waals surface area (Å²) in [7, 11) is 0. The average molecular weight is 238 g/mol. The molecule has 0 N–H and O–H groups in total. The number of benzene rings is 1. The molecule has 1 aliphatic heterocycles. The maximum atomic E-state index is 11.8. The number of ketones is 1. The van der Waals surface area contributed by atoms with E-state index in [9.17, 15) is 4.79 Å². The van der Waals surface area contributed by atoms with Crippen LogP contribution in [0.1, 0.15) is 24.2 Å². The van der Waals surface area contributed by atoms with Crippen molar-refractivity contribution < 1.29 is 14.3 Å². The van der Waals surface area contributed by atoms with Gasteiger partial charge in [-0.1, -0.05) is 13.8 Å². The first-order valence-corrected chi connectivity index (χ1v) is 6.26. The Morgan fingerprint density at radius 3 is 2.88 bits per heavy atom. The molecule has 0 amide bonds. The summed E-state index contributed by atoms with van der Waals surface area (Å²) in [5, 5.41) is 0.470. The third kappa shape index (κ3) is 2.50. The molecule has 4 heteroatoms. The zero-order chi connectivity index (χ0) is 11.5. The van der Waals surface area contributed by atoms with Gasteiger partial charge in [-0.3, -0.25) is 4.79 Å². The van der Waals surface area contributed by atoms with E-state index in [-0.39, 0.29) is 12.6 Å². The van der Waals surface area contributed by atoms with E-state index in [0.29, 0.717) is 28.1 Å². The van der Waals surface area contributed by atoms with Crippen molar-refractivity contribution in [2.75, 3.05) is 12.5 Å². The summed E-state index contributed by atoms with van der Waals surface area (Å²) in [6, 6.07) is 5.33. The number of hydrogen-bond acceptors (Lipinski definition) is 4. The smallest absolute Gasteiger partial charge is 0.231 e. The van der Waals surface area contributed by atoms with E-state index in [4.69, 9.17) is 9.47 Å². The van der Waals surface area contributed by atoms with E-state index in [1.165, 1.54) is 0 Å². The first kappa shape index (κ1) is 11.3. The van der Waals surface area contributed by atoms with Crippen LogP contribution in [0.25, 0.3) is 0 Å². The topological polar surface area (TPSA) is 35.5 Å². The van der Waals surface area contributed by atoms with E-state index in [1.807, 2.05) is 0 Å². The van der Waals surface area contributed by atoms with E-state index in [0.717, 1.165) is 0 Å². The molecular formula is C12H14O3S. The molecule has 0 fully saturated rings. The van der Waals surface area contributed by atoms with Crippen LogP contribution in [0.2, 0.25) is 0 Å². The molecule has 3 nitrogen and oxygen atoms in total. The highest BCUT2D eigenvalue weighted by Gasteiger charge is 2.16. The molecule has 0 aliphatic carbocycles. The van der Waals surface area contributed by atoms with Crippen LogP contribution in [0.5, 0.6) is 11.5 Å². The van der Waals surface area contributed by atoms with Crippen LogP contribution in [0.4, 0.5) is 0 Å². The Hall–Kier alpha value is -1.16. The first-order chi connectivity index (χ1) is 7.66. The second-order valence-electron chi connectivity index (χ2n) is 3.85. The highest BCUT2D eigenvalue weighted by atomic mass is 32.2. The van der Waals surface area contributed by atoms with Gasteiger partial charge in [-0.15, -0.1) is 0 Å². The second kappa shape index (κ2) is 4.78. The molecule has 1 aromatic rings. The van der Waals surface area contributed by atoms with Crippen LogP contribution in [-0.4, -0.2) is 23.6 Å². The first-order valence-electron chi connectivity index (χ1n) is 5.21. The van der Waals surface area contributed by atoms with Gasteiger partial charge in [0.05, 0.1) is 5.75 Å². The number of carbonyl (C=O) groups excluding carboxylic acids is 1. The summed E-state index contributed by atoms with van der Waals surface area (Å²) < 4.78 is 10.4. The van der Waals surface area contributed by atoms with Crippen LogP contribution >= 0.6 is 11.8 Å². The minimum Gasteiger partial charge on any atom is -0.454 e. The molecular weight excluding hydrogens is 224 g/mol. The number of fused-ring (bicyclic) bond motifs is 1. The molecule has 1 aliphatic rings. The Bertz CT molecular complexity index is 401. The van der Waals surface area contributed by atoms with E-state index < -0.39 is 0 Å². The fourth-order valence-electron chi connectivity index (χ4n) is 1.40. The highest BCUT2D eigenvalue weighted by molar-refractivity contribution is 8.00. The molecule has 0 saturated heterocycles. The van der Waals surface area contributed by atoms with Crippen molar-refractivity contribution in [2.45, 2.75) is 19.1 Å². The van der Waals surface area contributed by atoms with E-state index >= 15 is 0 Å². The van der Waals surface area contributed by atoms with Gasteiger partial charge in [0.15, 0.2) is 17.3 Å². The summed E-state index contributed by atoms with van der Waals surface area (Å²) in [5.74, 6) is 2.03. The number of carbonyl (C=O) groups is 1. The zero-order valence-electron chi connectivity index (χ0n) is 9.36. The molecule has 0 radical (unpaired) electrons. The largest absolute Gasteiger partial charge is 0.454 e. The third-order valence-electron chi connectivity index (χ3n) is 2.24. The average Bonchev–Trinajstić information content (AvgIpc) is 2.72. The Labute approximate surface area is 99.1 Å². The molecule has 86 valence electrons. The highest BCUT2D eigenvalue weighted by Crippen LogP contribution is 2.32. The lowest BCUT2D eigenvalue weighted by molar-refractivity contribution is 0.102. The SMILES string of the molecule is CC(C)SCC(=O)c1ccc2c(c1)OCO2. The van der Waals surface area contributed by atoms with E-state index in [2.05, 4.69) is 13.8 Å². The van der Waals surface area contributed by atoms with Crippen LogP contribution < -0.4 is 9.47 Å². The summed E-state index contributed by atoms with van der Waals surface area (Å²) in [5.41, 5.74) is 0.692. The molecule has 16 heavy (non-hydrogen) atoms. The van der Waals surface area contributed by atoms with Gasteiger partial charge in [0.1, 0.15) is 0 Å². The Morgan fingerprint density at radius 1 is 1.38 bits per heavy atom. The van der Waals surface area contributed by atoms with Gasteiger partial charge >= 0.3 is 0 Å². The minimum atomic E-state index is 0.136. The van der Waals surface area contributed by atoms with Crippen molar-refractivity contribution in [3.8, 4) is 11.5 Å².